The molecule has 0 amide bonds. The number of rotatable bonds is 6. The van der Waals surface area contributed by atoms with E-state index in [4.69, 9.17) is 0 Å². The quantitative estimate of drug-likeness (QED) is 0.536. The average molecular weight is 251 g/mol. The highest BCUT2D eigenvalue weighted by Crippen LogP contribution is 2.37. The number of pyridine rings is 1. The molecule has 1 aromatic heterocycles. The van der Waals surface area contributed by atoms with Gasteiger partial charge in [0.05, 0.1) is 0 Å². The van der Waals surface area contributed by atoms with Gasteiger partial charge >= 0.3 is 0 Å². The Morgan fingerprint density at radius 1 is 1.56 bits per heavy atom. The first-order valence-electron chi connectivity index (χ1n) is 5.31. The van der Waals surface area contributed by atoms with E-state index in [1.54, 1.807) is 10.8 Å². The lowest BCUT2D eigenvalue weighted by Crippen LogP contribution is -2.00. The molecule has 0 aliphatic carbocycles. The summed E-state index contributed by atoms with van der Waals surface area (Å²) in [7, 11) is 3.60. The van der Waals surface area contributed by atoms with E-state index in [0.29, 0.717) is 5.25 Å². The van der Waals surface area contributed by atoms with E-state index in [0.717, 1.165) is 11.4 Å². The van der Waals surface area contributed by atoms with Crippen LogP contribution in [-0.2, 0) is 0 Å². The topological polar surface area (TPSA) is 12.9 Å². The zero-order valence-electron chi connectivity index (χ0n) is 9.72. The summed E-state index contributed by atoms with van der Waals surface area (Å²) in [6.45, 7) is 8.09. The van der Waals surface area contributed by atoms with E-state index in [9.17, 15) is 0 Å². The Balaban J connectivity index is 2.52. The summed E-state index contributed by atoms with van der Waals surface area (Å²) < 4.78 is 0. The van der Waals surface area contributed by atoms with Crippen LogP contribution in [0.5, 0.6) is 0 Å². The highest BCUT2D eigenvalue weighted by Gasteiger charge is 2.09. The van der Waals surface area contributed by atoms with Gasteiger partial charge in [-0.3, -0.25) is 0 Å². The Bertz CT molecular complexity index is 346. The molecule has 1 heterocycles. The predicted octanol–water partition coefficient (Wildman–Crippen LogP) is 4.73. The second-order valence-corrected chi connectivity index (χ2v) is 5.81. The molecule has 0 saturated carbocycles. The highest BCUT2D eigenvalue weighted by atomic mass is 33.1. The average Bonchev–Trinajstić information content (AvgIpc) is 2.31. The molecule has 0 fully saturated rings. The molecule has 3 heteroatoms. The summed E-state index contributed by atoms with van der Waals surface area (Å²) in [6.07, 6.45) is 6.89. The Hall–Kier alpha value is -0.670. The summed E-state index contributed by atoms with van der Waals surface area (Å²) in [5.41, 5.74) is 1.37. The SMILES string of the molecule is C=C/C=C(\C)C(CC)SSc1ccccn1. The molecule has 0 N–H and O–H groups in total. The molecular formula is C13H17NS2. The number of hydrogen-bond acceptors (Lipinski definition) is 3. The van der Waals surface area contributed by atoms with Crippen molar-refractivity contribution >= 4 is 21.6 Å². The van der Waals surface area contributed by atoms with Crippen LogP contribution in [0.3, 0.4) is 0 Å². The van der Waals surface area contributed by atoms with Crippen molar-refractivity contribution in [1.29, 1.82) is 0 Å². The van der Waals surface area contributed by atoms with E-state index in [1.807, 2.05) is 41.3 Å². The maximum absolute atomic E-state index is 4.29. The van der Waals surface area contributed by atoms with Gasteiger partial charge in [-0.25, -0.2) is 4.98 Å². The van der Waals surface area contributed by atoms with Gasteiger partial charge < -0.3 is 0 Å². The normalized spacial score (nSPS) is 13.5. The zero-order chi connectivity index (χ0) is 11.8. The maximum atomic E-state index is 4.29. The van der Waals surface area contributed by atoms with E-state index in [-0.39, 0.29) is 0 Å². The van der Waals surface area contributed by atoms with Crippen molar-refractivity contribution in [3.8, 4) is 0 Å². The lowest BCUT2D eigenvalue weighted by Gasteiger charge is -2.13. The minimum atomic E-state index is 0.532. The molecule has 0 aliphatic rings. The van der Waals surface area contributed by atoms with Crippen molar-refractivity contribution in [2.24, 2.45) is 0 Å². The predicted molar refractivity (Wildman–Crippen MR) is 75.7 cm³/mol. The molecule has 0 radical (unpaired) electrons. The van der Waals surface area contributed by atoms with Crippen LogP contribution < -0.4 is 0 Å². The van der Waals surface area contributed by atoms with Crippen molar-refractivity contribution < 1.29 is 0 Å². The fourth-order valence-electron chi connectivity index (χ4n) is 1.26. The molecule has 0 saturated heterocycles. The second kappa shape index (κ2) is 7.58. The molecule has 1 unspecified atom stereocenters. The second-order valence-electron chi connectivity index (χ2n) is 3.39. The lowest BCUT2D eigenvalue weighted by molar-refractivity contribution is 0.930. The number of allylic oxidation sites excluding steroid dienone is 2. The summed E-state index contributed by atoms with van der Waals surface area (Å²) in [5, 5.41) is 1.60. The first-order chi connectivity index (χ1) is 7.77. The minimum Gasteiger partial charge on any atom is -0.249 e. The molecule has 1 atom stereocenters. The summed E-state index contributed by atoms with van der Waals surface area (Å²) in [4.78, 5) is 4.29. The molecule has 1 rings (SSSR count). The van der Waals surface area contributed by atoms with Gasteiger partial charge in [-0.15, -0.1) is 0 Å². The standard InChI is InChI=1S/C13H17NS2/c1-4-8-11(3)12(5-2)15-16-13-9-6-7-10-14-13/h4,6-10,12H,1,5H2,2-3H3/b11-8+. The highest BCUT2D eigenvalue weighted by molar-refractivity contribution is 8.77. The number of nitrogens with zero attached hydrogens (tertiary/aromatic N) is 1. The van der Waals surface area contributed by atoms with E-state index in [1.165, 1.54) is 5.57 Å². The molecule has 0 bridgehead atoms. The van der Waals surface area contributed by atoms with Gasteiger partial charge in [-0.05, 0) is 36.3 Å². The first kappa shape index (κ1) is 13.4. The van der Waals surface area contributed by atoms with Crippen molar-refractivity contribution in [3.05, 3.63) is 48.7 Å². The molecule has 0 aliphatic heterocycles. The Morgan fingerprint density at radius 2 is 2.38 bits per heavy atom. The van der Waals surface area contributed by atoms with Gasteiger partial charge in [-0.1, -0.05) is 48.1 Å². The molecule has 0 aromatic carbocycles. The lowest BCUT2D eigenvalue weighted by atomic mass is 10.1. The van der Waals surface area contributed by atoms with Crippen LogP contribution in [0.25, 0.3) is 0 Å². The third kappa shape index (κ3) is 4.45. The summed E-state index contributed by atoms with van der Waals surface area (Å²) in [5.74, 6) is 0. The third-order valence-corrected chi connectivity index (χ3v) is 5.09. The smallest absolute Gasteiger partial charge is 0.106 e. The maximum Gasteiger partial charge on any atom is 0.106 e. The summed E-state index contributed by atoms with van der Waals surface area (Å²) in [6, 6.07) is 6.00. The largest absolute Gasteiger partial charge is 0.249 e. The van der Waals surface area contributed by atoms with Crippen LogP contribution in [0.15, 0.2) is 53.7 Å². The molecule has 86 valence electrons. The molecular weight excluding hydrogens is 234 g/mol. The fraction of sp³-hybridized carbons (Fsp3) is 0.308. The van der Waals surface area contributed by atoms with E-state index >= 15 is 0 Å². The molecule has 1 nitrogen and oxygen atoms in total. The van der Waals surface area contributed by atoms with Crippen LogP contribution >= 0.6 is 21.6 Å². The zero-order valence-corrected chi connectivity index (χ0v) is 11.4. The van der Waals surface area contributed by atoms with Crippen LogP contribution in [0.1, 0.15) is 20.3 Å². The number of hydrogen-bond donors (Lipinski definition) is 0. The Kier molecular flexibility index (Phi) is 6.34. The van der Waals surface area contributed by atoms with Gasteiger partial charge in [0.1, 0.15) is 5.03 Å². The first-order valence-corrected chi connectivity index (χ1v) is 7.52. The van der Waals surface area contributed by atoms with Gasteiger partial charge in [-0.2, -0.15) is 0 Å². The molecule has 16 heavy (non-hydrogen) atoms. The van der Waals surface area contributed by atoms with Crippen LogP contribution in [0.4, 0.5) is 0 Å². The van der Waals surface area contributed by atoms with Crippen molar-refractivity contribution in [3.63, 3.8) is 0 Å². The van der Waals surface area contributed by atoms with Crippen LogP contribution in [-0.4, -0.2) is 10.2 Å². The van der Waals surface area contributed by atoms with Crippen molar-refractivity contribution in [2.45, 2.75) is 30.5 Å². The monoisotopic (exact) mass is 251 g/mol. The third-order valence-electron chi connectivity index (χ3n) is 2.15. The Morgan fingerprint density at radius 3 is 2.94 bits per heavy atom. The van der Waals surface area contributed by atoms with Gasteiger partial charge in [0, 0.05) is 11.4 Å². The van der Waals surface area contributed by atoms with E-state index in [2.05, 4.69) is 31.5 Å². The van der Waals surface area contributed by atoms with Crippen molar-refractivity contribution in [2.75, 3.05) is 0 Å². The molecule has 1 aromatic rings. The van der Waals surface area contributed by atoms with Gasteiger partial charge in [0.25, 0.3) is 0 Å². The minimum absolute atomic E-state index is 0.532. The van der Waals surface area contributed by atoms with Crippen LogP contribution in [0, 0.1) is 0 Å². The Labute approximate surface area is 106 Å². The van der Waals surface area contributed by atoms with E-state index < -0.39 is 0 Å². The molecule has 0 spiro atoms. The van der Waals surface area contributed by atoms with Crippen LogP contribution in [0.2, 0.25) is 0 Å². The van der Waals surface area contributed by atoms with Crippen molar-refractivity contribution in [1.82, 2.24) is 4.98 Å². The fourth-order valence-corrected chi connectivity index (χ4v) is 3.89. The number of aromatic nitrogens is 1. The van der Waals surface area contributed by atoms with Gasteiger partial charge in [0.15, 0.2) is 0 Å². The summed E-state index contributed by atoms with van der Waals surface area (Å²) >= 11 is 0. The van der Waals surface area contributed by atoms with Gasteiger partial charge in [0.2, 0.25) is 0 Å².